The van der Waals surface area contributed by atoms with Crippen LogP contribution in [0.25, 0.3) is 0 Å². The van der Waals surface area contributed by atoms with Crippen LogP contribution in [0.15, 0.2) is 114 Å². The quantitative estimate of drug-likeness (QED) is 0.0678. The second-order valence-corrected chi connectivity index (χ2v) is 24.9. The van der Waals surface area contributed by atoms with Crippen LogP contribution in [0.5, 0.6) is 11.5 Å². The Bertz CT molecular complexity index is 2290. The van der Waals surface area contributed by atoms with Gasteiger partial charge in [-0.2, -0.15) is 0 Å². The number of hydrogen-bond donors (Lipinski definition) is 3. The SMILES string of the molecule is C.C.C.C.CCCC1CCCCC1.CCCCC1CCCCC1.CCCCc1c(C)cc(C)cc1C.CCCCc1ccccc1.CNS(=O)(=O)c1ccccc1.CN[C@@H](C)COc1c(C)cccc1C.CN[C@H](C)COc1c(C)cccc1C. The first-order chi connectivity index (χ1) is 38.9. The largest absolute Gasteiger partial charge is 0.491 e. The molecule has 0 unspecified atom stereocenters. The number of nitrogens with one attached hydrogen (secondary N) is 3. The van der Waals surface area contributed by atoms with Crippen molar-refractivity contribution in [1.29, 1.82) is 0 Å². The Hall–Kier alpha value is -4.47. The van der Waals surface area contributed by atoms with Crippen molar-refractivity contribution in [3.05, 3.63) is 159 Å². The van der Waals surface area contributed by atoms with Gasteiger partial charge in [-0.15, -0.1) is 0 Å². The summed E-state index contributed by atoms with van der Waals surface area (Å²) in [7, 11) is 2.03. The Labute approximate surface area is 528 Å². The number of hydrogen-bond acceptors (Lipinski definition) is 6. The fourth-order valence-electron chi connectivity index (χ4n) is 10.2. The molecule has 488 valence electrons. The van der Waals surface area contributed by atoms with Crippen molar-refractivity contribution in [3.8, 4) is 11.5 Å². The summed E-state index contributed by atoms with van der Waals surface area (Å²) < 4.78 is 35.9. The van der Waals surface area contributed by atoms with Crippen molar-refractivity contribution in [2.75, 3.05) is 34.4 Å². The Morgan fingerprint density at radius 1 is 0.459 bits per heavy atom. The van der Waals surface area contributed by atoms with E-state index in [1.165, 1.54) is 186 Å². The lowest BCUT2D eigenvalue weighted by Gasteiger charge is -2.20. The second-order valence-electron chi connectivity index (χ2n) is 23.0. The van der Waals surface area contributed by atoms with Gasteiger partial charge in [0.05, 0.1) is 4.90 Å². The topological polar surface area (TPSA) is 88.7 Å². The Morgan fingerprint density at radius 2 is 0.835 bits per heavy atom. The van der Waals surface area contributed by atoms with E-state index in [2.05, 4.69) is 184 Å². The normalized spacial score (nSPS) is 13.2. The molecule has 2 aliphatic rings. The Morgan fingerprint density at radius 3 is 1.20 bits per heavy atom. The summed E-state index contributed by atoms with van der Waals surface area (Å²) in [4.78, 5) is 0.294. The molecule has 2 atom stereocenters. The number of rotatable bonds is 21. The molecule has 7 nitrogen and oxygen atoms in total. The lowest BCUT2D eigenvalue weighted by molar-refractivity contribution is 0.276. The molecule has 3 N–H and O–H groups in total. The highest BCUT2D eigenvalue weighted by atomic mass is 32.2. The number of sulfonamides is 1. The zero-order chi connectivity index (χ0) is 60.3. The van der Waals surface area contributed by atoms with Crippen LogP contribution in [-0.4, -0.2) is 54.9 Å². The van der Waals surface area contributed by atoms with Gasteiger partial charge in [0, 0.05) is 12.1 Å². The van der Waals surface area contributed by atoms with Gasteiger partial charge >= 0.3 is 0 Å². The van der Waals surface area contributed by atoms with Crippen molar-refractivity contribution in [3.63, 3.8) is 0 Å². The van der Waals surface area contributed by atoms with Crippen LogP contribution in [-0.2, 0) is 22.9 Å². The maximum absolute atomic E-state index is 11.1. The summed E-state index contributed by atoms with van der Waals surface area (Å²) in [5.41, 5.74) is 12.1. The number of aryl methyl sites for hydroxylation is 8. The van der Waals surface area contributed by atoms with Crippen molar-refractivity contribution >= 4 is 10.0 Å². The van der Waals surface area contributed by atoms with Crippen molar-refractivity contribution in [2.45, 2.75) is 272 Å². The van der Waals surface area contributed by atoms with E-state index >= 15 is 0 Å². The van der Waals surface area contributed by atoms with Crippen LogP contribution >= 0.6 is 0 Å². The summed E-state index contributed by atoms with van der Waals surface area (Å²) in [5, 5.41) is 6.30. The first-order valence-electron chi connectivity index (χ1n) is 31.7. The molecule has 0 saturated heterocycles. The molecule has 8 heteroatoms. The molecule has 2 fully saturated rings. The monoisotopic (exact) mass is 1200 g/mol. The molecule has 7 rings (SSSR count). The van der Waals surface area contributed by atoms with Crippen molar-refractivity contribution in [2.24, 2.45) is 11.8 Å². The zero-order valence-electron chi connectivity index (χ0n) is 54.5. The predicted molar refractivity (Wildman–Crippen MR) is 381 cm³/mol. The maximum atomic E-state index is 11.1. The van der Waals surface area contributed by atoms with Gasteiger partial charge in [0.25, 0.3) is 0 Å². The van der Waals surface area contributed by atoms with Gasteiger partial charge in [0.2, 0.25) is 10.0 Å². The van der Waals surface area contributed by atoms with Gasteiger partial charge in [-0.3, -0.25) is 0 Å². The van der Waals surface area contributed by atoms with E-state index in [-0.39, 0.29) is 29.7 Å². The van der Waals surface area contributed by atoms with Crippen LogP contribution in [0, 0.1) is 60.3 Å². The summed E-state index contributed by atoms with van der Waals surface area (Å²) in [6.45, 7) is 29.6. The van der Waals surface area contributed by atoms with Crippen LogP contribution in [0.3, 0.4) is 0 Å². The van der Waals surface area contributed by atoms with Crippen LogP contribution in [0.1, 0.15) is 243 Å². The third-order valence-corrected chi connectivity index (χ3v) is 16.9. The molecule has 0 amide bonds. The molecule has 2 aliphatic carbocycles. The van der Waals surface area contributed by atoms with E-state index in [1.807, 2.05) is 14.1 Å². The van der Waals surface area contributed by atoms with E-state index in [9.17, 15) is 8.42 Å². The molecule has 0 aromatic heterocycles. The van der Waals surface area contributed by atoms with E-state index in [0.29, 0.717) is 30.2 Å². The van der Waals surface area contributed by atoms with Crippen molar-refractivity contribution < 1.29 is 17.9 Å². The first-order valence-corrected chi connectivity index (χ1v) is 33.2. The third kappa shape index (κ3) is 39.8. The summed E-state index contributed by atoms with van der Waals surface area (Å²) in [5.74, 6) is 4.25. The molecule has 5 aromatic rings. The van der Waals surface area contributed by atoms with E-state index < -0.39 is 10.0 Å². The first kappa shape index (κ1) is 87.0. The number of unbranched alkanes of at least 4 members (excludes halogenated alkanes) is 3. The molecule has 5 aromatic carbocycles. The standard InChI is InChI=1S/C13H20.2C12H19NO.C10H20.C10H14.C9H18.C7H9NO2S.4CH4/c1-5-6-7-13-11(3)8-10(2)9-12(13)4;2*1-9-6-5-7-10(2)12(9)14-8-11(3)13-4;2*1-2-3-7-10-8-5-4-6-9-10;1-2-6-9-7-4-3-5-8-9;1-8-11(9,10)7-5-3-2-4-6-7;;;;/h8-9H,5-7H2,1-4H3;2*5-7,11,13H,8H2,1-4H3;10H,2-9H2,1H3;4-6,8-9H,2-3,7H2,1H3;9H,2-8H2,1H3;2-6,8H,1H3;4*1H4/t;2*11-;;;;;;;;/m.10......../s1. The molecule has 0 radical (unpaired) electrons. The summed E-state index contributed by atoms with van der Waals surface area (Å²) >= 11 is 0. The van der Waals surface area contributed by atoms with Crippen LogP contribution in [0.2, 0.25) is 0 Å². The van der Waals surface area contributed by atoms with Crippen LogP contribution in [0.4, 0.5) is 0 Å². The molecule has 0 heterocycles. The van der Waals surface area contributed by atoms with Gasteiger partial charge in [0.15, 0.2) is 0 Å². The average molecular weight is 1200 g/mol. The minimum absolute atomic E-state index is 0. The lowest BCUT2D eigenvalue weighted by atomic mass is 9.86. The van der Waals surface area contributed by atoms with E-state index in [0.717, 1.165) is 23.3 Å². The molecule has 0 spiro atoms. The Balaban J connectivity index is -0.000000449. The number of likely N-dealkylation sites (N-methyl/N-ethyl adjacent to an activating group) is 2. The van der Waals surface area contributed by atoms with Gasteiger partial charge in [-0.1, -0.05) is 269 Å². The highest BCUT2D eigenvalue weighted by Crippen LogP contribution is 2.29. The van der Waals surface area contributed by atoms with Crippen LogP contribution < -0.4 is 24.8 Å². The summed E-state index contributed by atoms with van der Waals surface area (Å²) in [6.07, 6.45) is 30.0. The average Bonchev–Trinajstić information content (AvgIpc) is 3.62. The molecule has 2 saturated carbocycles. The minimum Gasteiger partial charge on any atom is -0.491 e. The number of ether oxygens (including phenoxy) is 2. The minimum atomic E-state index is -3.25. The summed E-state index contributed by atoms with van der Waals surface area (Å²) in [6, 6.07) is 36.6. The Kier molecular flexibility index (Phi) is 55.0. The second kappa shape index (κ2) is 53.7. The molecule has 0 aliphatic heterocycles. The number of benzene rings is 5. The fourth-order valence-corrected chi connectivity index (χ4v) is 10.9. The lowest BCUT2D eigenvalue weighted by Crippen LogP contribution is -2.28. The van der Waals surface area contributed by atoms with Gasteiger partial charge in [0.1, 0.15) is 24.7 Å². The molecular weight excluding hydrogens is 1060 g/mol. The van der Waals surface area contributed by atoms with Gasteiger partial charge in [-0.25, -0.2) is 13.1 Å². The number of para-hydroxylation sites is 2. The third-order valence-electron chi connectivity index (χ3n) is 15.5. The van der Waals surface area contributed by atoms with E-state index in [1.54, 1.807) is 35.9 Å². The highest BCUT2D eigenvalue weighted by molar-refractivity contribution is 7.89. The molecular formula is C77H135N3O4S. The van der Waals surface area contributed by atoms with Gasteiger partial charge in [-0.05, 0) is 178 Å². The van der Waals surface area contributed by atoms with Gasteiger partial charge < -0.3 is 20.1 Å². The highest BCUT2D eigenvalue weighted by Gasteiger charge is 2.13. The van der Waals surface area contributed by atoms with E-state index in [4.69, 9.17) is 9.47 Å². The zero-order valence-corrected chi connectivity index (χ0v) is 55.3. The predicted octanol–water partition coefficient (Wildman–Crippen LogP) is 21.8. The molecule has 0 bridgehead atoms. The smallest absolute Gasteiger partial charge is 0.240 e. The molecule has 85 heavy (non-hydrogen) atoms. The van der Waals surface area contributed by atoms with Crippen molar-refractivity contribution in [1.82, 2.24) is 15.4 Å². The fraction of sp³-hybridized carbons (Fsp3) is 0.610. The maximum Gasteiger partial charge on any atom is 0.240 e.